The van der Waals surface area contributed by atoms with Crippen molar-refractivity contribution in [3.8, 4) is 11.5 Å². The highest BCUT2D eigenvalue weighted by molar-refractivity contribution is 5.42. The first kappa shape index (κ1) is 14.2. The van der Waals surface area contributed by atoms with Gasteiger partial charge in [0.15, 0.2) is 0 Å². The Morgan fingerprint density at radius 3 is 2.53 bits per heavy atom. The van der Waals surface area contributed by atoms with Crippen LogP contribution in [-0.4, -0.2) is 26.8 Å². The molecule has 0 bridgehead atoms. The van der Waals surface area contributed by atoms with Crippen molar-refractivity contribution < 1.29 is 9.47 Å². The minimum Gasteiger partial charge on any atom is -0.497 e. The van der Waals surface area contributed by atoms with Gasteiger partial charge in [0.2, 0.25) is 0 Å². The predicted octanol–water partition coefficient (Wildman–Crippen LogP) is 3.20. The molecule has 1 aromatic carbocycles. The molecular weight excluding hydrogens is 238 g/mol. The van der Waals surface area contributed by atoms with Gasteiger partial charge in [-0.2, -0.15) is 0 Å². The fourth-order valence-corrected chi connectivity index (χ4v) is 2.32. The van der Waals surface area contributed by atoms with Crippen molar-refractivity contribution in [2.24, 2.45) is 5.92 Å². The third-order valence-electron chi connectivity index (χ3n) is 4.09. The summed E-state index contributed by atoms with van der Waals surface area (Å²) in [6.45, 7) is 5.63. The largest absolute Gasteiger partial charge is 0.497 e. The van der Waals surface area contributed by atoms with E-state index in [1.54, 1.807) is 14.2 Å². The molecular formula is C16H25NO2. The molecule has 3 heteroatoms. The number of hydrogen-bond acceptors (Lipinski definition) is 3. The van der Waals surface area contributed by atoms with E-state index in [2.05, 4.69) is 25.2 Å². The van der Waals surface area contributed by atoms with Crippen molar-refractivity contribution in [2.75, 3.05) is 20.8 Å². The van der Waals surface area contributed by atoms with E-state index in [1.165, 1.54) is 18.4 Å². The number of nitrogens with one attached hydrogen (secondary N) is 1. The normalized spacial score (nSPS) is 17.9. The lowest BCUT2D eigenvalue weighted by molar-refractivity contribution is 0.378. The quantitative estimate of drug-likeness (QED) is 0.819. The van der Waals surface area contributed by atoms with Gasteiger partial charge >= 0.3 is 0 Å². The first-order valence-corrected chi connectivity index (χ1v) is 7.11. The Balaban J connectivity index is 2.05. The highest BCUT2D eigenvalue weighted by Crippen LogP contribution is 2.34. The summed E-state index contributed by atoms with van der Waals surface area (Å²) in [6.07, 6.45) is 2.68. The van der Waals surface area contributed by atoms with Crippen LogP contribution in [0.2, 0.25) is 0 Å². The number of benzene rings is 1. The molecule has 0 amide bonds. The smallest absolute Gasteiger partial charge is 0.126 e. The minimum atomic E-state index is 0.465. The molecule has 2 unspecified atom stereocenters. The zero-order valence-electron chi connectivity index (χ0n) is 12.4. The Labute approximate surface area is 116 Å². The molecule has 1 fully saturated rings. The van der Waals surface area contributed by atoms with Gasteiger partial charge in [0.1, 0.15) is 11.5 Å². The van der Waals surface area contributed by atoms with Gasteiger partial charge < -0.3 is 14.8 Å². The number of ether oxygens (including phenoxy) is 2. The molecule has 0 heterocycles. The van der Waals surface area contributed by atoms with Gasteiger partial charge in [-0.1, -0.05) is 19.9 Å². The average Bonchev–Trinajstić information content (AvgIpc) is 3.27. The monoisotopic (exact) mass is 263 g/mol. The highest BCUT2D eigenvalue weighted by atomic mass is 16.5. The van der Waals surface area contributed by atoms with Crippen molar-refractivity contribution in [2.45, 2.75) is 38.6 Å². The van der Waals surface area contributed by atoms with Crippen molar-refractivity contribution in [3.05, 3.63) is 23.8 Å². The molecule has 1 saturated carbocycles. The maximum Gasteiger partial charge on any atom is 0.126 e. The summed E-state index contributed by atoms with van der Waals surface area (Å²) in [5, 5.41) is 3.60. The first-order valence-electron chi connectivity index (χ1n) is 7.11. The van der Waals surface area contributed by atoms with Crippen molar-refractivity contribution >= 4 is 0 Å². The molecule has 1 aromatic rings. The summed E-state index contributed by atoms with van der Waals surface area (Å²) < 4.78 is 10.7. The van der Waals surface area contributed by atoms with Crippen LogP contribution in [0.5, 0.6) is 11.5 Å². The SMILES string of the molecule is COc1ccc(C(C)C(C)CNC2CC2)c(OC)c1. The summed E-state index contributed by atoms with van der Waals surface area (Å²) in [6, 6.07) is 6.87. The van der Waals surface area contributed by atoms with Crippen molar-refractivity contribution in [3.63, 3.8) is 0 Å². The molecule has 1 aliphatic rings. The van der Waals surface area contributed by atoms with E-state index in [9.17, 15) is 0 Å². The molecule has 19 heavy (non-hydrogen) atoms. The topological polar surface area (TPSA) is 30.5 Å². The average molecular weight is 263 g/mol. The van der Waals surface area contributed by atoms with Crippen LogP contribution in [0.4, 0.5) is 0 Å². The van der Waals surface area contributed by atoms with E-state index in [-0.39, 0.29) is 0 Å². The highest BCUT2D eigenvalue weighted by Gasteiger charge is 2.24. The van der Waals surface area contributed by atoms with Crippen molar-refractivity contribution in [1.82, 2.24) is 5.32 Å². The van der Waals surface area contributed by atoms with Crippen LogP contribution in [0.3, 0.4) is 0 Å². The van der Waals surface area contributed by atoms with Crippen LogP contribution in [0.25, 0.3) is 0 Å². The second-order valence-electron chi connectivity index (χ2n) is 5.56. The van der Waals surface area contributed by atoms with Gasteiger partial charge in [0.05, 0.1) is 14.2 Å². The lowest BCUT2D eigenvalue weighted by Gasteiger charge is -2.23. The number of rotatable bonds is 7. The van der Waals surface area contributed by atoms with Gasteiger partial charge in [-0.3, -0.25) is 0 Å². The van der Waals surface area contributed by atoms with E-state index in [0.717, 1.165) is 24.1 Å². The van der Waals surface area contributed by atoms with E-state index in [0.29, 0.717) is 11.8 Å². The second kappa shape index (κ2) is 6.29. The van der Waals surface area contributed by atoms with Gasteiger partial charge in [-0.05, 0) is 42.9 Å². The Hall–Kier alpha value is -1.22. The molecule has 1 N–H and O–H groups in total. The zero-order chi connectivity index (χ0) is 13.8. The number of hydrogen-bond donors (Lipinski definition) is 1. The van der Waals surface area contributed by atoms with Crippen LogP contribution in [0.15, 0.2) is 18.2 Å². The minimum absolute atomic E-state index is 0.465. The van der Waals surface area contributed by atoms with Crippen LogP contribution in [-0.2, 0) is 0 Å². The maximum absolute atomic E-state index is 5.50. The Morgan fingerprint density at radius 2 is 1.95 bits per heavy atom. The molecule has 0 saturated heterocycles. The lowest BCUT2D eigenvalue weighted by Crippen LogP contribution is -2.26. The standard InChI is InChI=1S/C16H25NO2/c1-11(10-17-13-5-6-13)12(2)15-8-7-14(18-3)9-16(15)19-4/h7-9,11-13,17H,5-6,10H2,1-4H3. The van der Waals surface area contributed by atoms with Crippen LogP contribution in [0, 0.1) is 5.92 Å². The molecule has 0 spiro atoms. The molecule has 0 aliphatic heterocycles. The van der Waals surface area contributed by atoms with E-state index < -0.39 is 0 Å². The first-order chi connectivity index (χ1) is 9.15. The van der Waals surface area contributed by atoms with Gasteiger partial charge in [-0.25, -0.2) is 0 Å². The van der Waals surface area contributed by atoms with Crippen LogP contribution in [0.1, 0.15) is 38.2 Å². The molecule has 2 atom stereocenters. The summed E-state index contributed by atoms with van der Waals surface area (Å²) in [4.78, 5) is 0. The second-order valence-corrected chi connectivity index (χ2v) is 5.56. The Bertz CT molecular complexity index is 415. The molecule has 0 radical (unpaired) electrons. The molecule has 106 valence electrons. The van der Waals surface area contributed by atoms with Gasteiger partial charge in [-0.15, -0.1) is 0 Å². The summed E-state index contributed by atoms with van der Waals surface area (Å²) in [7, 11) is 3.40. The number of methoxy groups -OCH3 is 2. The molecule has 0 aromatic heterocycles. The van der Waals surface area contributed by atoms with Crippen molar-refractivity contribution in [1.29, 1.82) is 0 Å². The third kappa shape index (κ3) is 3.63. The zero-order valence-corrected chi connectivity index (χ0v) is 12.4. The fourth-order valence-electron chi connectivity index (χ4n) is 2.32. The Morgan fingerprint density at radius 1 is 1.21 bits per heavy atom. The maximum atomic E-state index is 5.50. The predicted molar refractivity (Wildman–Crippen MR) is 78.1 cm³/mol. The molecule has 3 nitrogen and oxygen atoms in total. The molecule has 2 rings (SSSR count). The molecule has 1 aliphatic carbocycles. The summed E-state index contributed by atoms with van der Waals surface area (Å²) in [5.74, 6) is 2.82. The van der Waals surface area contributed by atoms with Gasteiger partial charge in [0.25, 0.3) is 0 Å². The Kier molecular flexibility index (Phi) is 4.70. The third-order valence-corrected chi connectivity index (χ3v) is 4.09. The van der Waals surface area contributed by atoms with Crippen LogP contribution >= 0.6 is 0 Å². The van der Waals surface area contributed by atoms with E-state index in [4.69, 9.17) is 9.47 Å². The van der Waals surface area contributed by atoms with Gasteiger partial charge in [0, 0.05) is 12.1 Å². The van der Waals surface area contributed by atoms with E-state index >= 15 is 0 Å². The van der Waals surface area contributed by atoms with Crippen LogP contribution < -0.4 is 14.8 Å². The van der Waals surface area contributed by atoms with E-state index in [1.807, 2.05) is 12.1 Å². The fraction of sp³-hybridized carbons (Fsp3) is 0.625. The summed E-state index contributed by atoms with van der Waals surface area (Å²) in [5.41, 5.74) is 1.26. The lowest BCUT2D eigenvalue weighted by atomic mass is 9.88. The summed E-state index contributed by atoms with van der Waals surface area (Å²) >= 11 is 0.